The van der Waals surface area contributed by atoms with E-state index < -0.39 is 0 Å². The highest BCUT2D eigenvalue weighted by molar-refractivity contribution is 5.06. The first-order valence-corrected chi connectivity index (χ1v) is 9.29. The molecule has 7 nitrogen and oxygen atoms in total. The van der Waals surface area contributed by atoms with Crippen LogP contribution in [-0.2, 0) is 25.9 Å². The molecule has 2 aliphatic heterocycles. The van der Waals surface area contributed by atoms with Crippen LogP contribution >= 0.6 is 0 Å². The zero-order valence-electron chi connectivity index (χ0n) is 14.4. The largest absolute Gasteiger partial charge is 0.338 e. The van der Waals surface area contributed by atoms with Crippen LogP contribution in [0.2, 0.25) is 0 Å². The van der Waals surface area contributed by atoms with E-state index in [1.165, 1.54) is 43.8 Å². The van der Waals surface area contributed by atoms with Gasteiger partial charge in [0.15, 0.2) is 5.82 Å². The fourth-order valence-corrected chi connectivity index (χ4v) is 3.91. The molecular formula is C17H26N6O. The number of aryl methyl sites for hydroxylation is 2. The van der Waals surface area contributed by atoms with E-state index in [1.54, 1.807) is 0 Å². The van der Waals surface area contributed by atoms with Gasteiger partial charge in [-0.05, 0) is 32.2 Å². The molecule has 1 fully saturated rings. The lowest BCUT2D eigenvalue weighted by Gasteiger charge is -2.31. The summed E-state index contributed by atoms with van der Waals surface area (Å²) in [5.74, 6) is 4.36. The summed E-state index contributed by atoms with van der Waals surface area (Å²) in [6.45, 7) is 5.95. The SMILES string of the molecule is CCc1noc(CN2CCCC(c3nnc4n3CCCCC4)C2)n1. The average Bonchev–Trinajstić information content (AvgIpc) is 3.16. The fourth-order valence-electron chi connectivity index (χ4n) is 3.91. The third kappa shape index (κ3) is 3.22. The first-order valence-electron chi connectivity index (χ1n) is 9.29. The summed E-state index contributed by atoms with van der Waals surface area (Å²) < 4.78 is 7.75. The molecule has 24 heavy (non-hydrogen) atoms. The van der Waals surface area contributed by atoms with Crippen LogP contribution in [0.5, 0.6) is 0 Å². The zero-order valence-corrected chi connectivity index (χ0v) is 14.4. The molecule has 2 aromatic heterocycles. The Morgan fingerprint density at radius 2 is 2.08 bits per heavy atom. The maximum absolute atomic E-state index is 5.36. The van der Waals surface area contributed by atoms with Crippen molar-refractivity contribution in [2.24, 2.45) is 0 Å². The summed E-state index contributed by atoms with van der Waals surface area (Å²) in [7, 11) is 0. The van der Waals surface area contributed by atoms with Gasteiger partial charge in [0.05, 0.1) is 6.54 Å². The van der Waals surface area contributed by atoms with Crippen molar-refractivity contribution in [2.75, 3.05) is 13.1 Å². The first kappa shape index (κ1) is 15.7. The molecule has 4 rings (SSSR count). The Morgan fingerprint density at radius 3 is 2.96 bits per heavy atom. The molecule has 2 aromatic rings. The number of fused-ring (bicyclic) bond motifs is 1. The number of hydrogen-bond acceptors (Lipinski definition) is 6. The quantitative estimate of drug-likeness (QED) is 0.857. The van der Waals surface area contributed by atoms with Crippen molar-refractivity contribution in [1.29, 1.82) is 0 Å². The van der Waals surface area contributed by atoms with Crippen LogP contribution in [-0.4, -0.2) is 42.9 Å². The number of likely N-dealkylation sites (tertiary alicyclic amines) is 1. The van der Waals surface area contributed by atoms with Crippen molar-refractivity contribution < 1.29 is 4.52 Å². The van der Waals surface area contributed by atoms with Gasteiger partial charge in [-0.3, -0.25) is 4.90 Å². The molecule has 0 amide bonds. The standard InChI is InChI=1S/C17H26N6O/c1-2-14-18-16(24-21-14)12-22-9-6-7-13(11-22)17-20-19-15-8-4-3-5-10-23(15)17/h13H,2-12H2,1H3. The van der Waals surface area contributed by atoms with Crippen LogP contribution < -0.4 is 0 Å². The highest BCUT2D eigenvalue weighted by Crippen LogP contribution is 2.28. The van der Waals surface area contributed by atoms with Crippen molar-refractivity contribution in [3.05, 3.63) is 23.4 Å². The van der Waals surface area contributed by atoms with Gasteiger partial charge in [-0.25, -0.2) is 0 Å². The molecule has 0 N–H and O–H groups in total. The van der Waals surface area contributed by atoms with Crippen molar-refractivity contribution in [2.45, 2.75) is 70.9 Å². The summed E-state index contributed by atoms with van der Waals surface area (Å²) in [6.07, 6.45) is 8.06. The van der Waals surface area contributed by atoms with E-state index in [0.29, 0.717) is 5.92 Å². The molecule has 130 valence electrons. The second kappa shape index (κ2) is 7.01. The van der Waals surface area contributed by atoms with Gasteiger partial charge >= 0.3 is 0 Å². The molecule has 0 saturated carbocycles. The van der Waals surface area contributed by atoms with Crippen LogP contribution in [0, 0.1) is 0 Å². The Kier molecular flexibility index (Phi) is 4.60. The number of rotatable bonds is 4. The van der Waals surface area contributed by atoms with Gasteiger partial charge in [-0.15, -0.1) is 10.2 Å². The lowest BCUT2D eigenvalue weighted by Crippen LogP contribution is -2.35. The zero-order chi connectivity index (χ0) is 16.4. The number of piperidine rings is 1. The molecule has 1 saturated heterocycles. The first-order chi connectivity index (χ1) is 11.8. The topological polar surface area (TPSA) is 72.9 Å². The van der Waals surface area contributed by atoms with Gasteiger partial charge < -0.3 is 9.09 Å². The van der Waals surface area contributed by atoms with E-state index in [-0.39, 0.29) is 0 Å². The van der Waals surface area contributed by atoms with E-state index in [4.69, 9.17) is 4.52 Å². The minimum absolute atomic E-state index is 0.465. The van der Waals surface area contributed by atoms with Crippen LogP contribution in [0.15, 0.2) is 4.52 Å². The molecular weight excluding hydrogens is 304 g/mol. The molecule has 4 heterocycles. The second-order valence-electron chi connectivity index (χ2n) is 6.97. The Balaban J connectivity index is 1.46. The van der Waals surface area contributed by atoms with Gasteiger partial charge in [0.25, 0.3) is 0 Å². The molecule has 7 heteroatoms. The fraction of sp³-hybridized carbons (Fsp3) is 0.765. The van der Waals surface area contributed by atoms with E-state index in [1.807, 2.05) is 6.92 Å². The van der Waals surface area contributed by atoms with E-state index in [2.05, 4.69) is 29.8 Å². The van der Waals surface area contributed by atoms with Gasteiger partial charge in [-0.2, -0.15) is 4.98 Å². The van der Waals surface area contributed by atoms with Crippen LogP contribution in [0.4, 0.5) is 0 Å². The van der Waals surface area contributed by atoms with Gasteiger partial charge in [0, 0.05) is 31.8 Å². The van der Waals surface area contributed by atoms with Crippen molar-refractivity contribution >= 4 is 0 Å². The maximum Gasteiger partial charge on any atom is 0.240 e. The summed E-state index contributed by atoms with van der Waals surface area (Å²) in [5, 5.41) is 13.0. The summed E-state index contributed by atoms with van der Waals surface area (Å²) >= 11 is 0. The number of hydrogen-bond donors (Lipinski definition) is 0. The smallest absolute Gasteiger partial charge is 0.240 e. The van der Waals surface area contributed by atoms with Crippen molar-refractivity contribution in [3.63, 3.8) is 0 Å². The second-order valence-corrected chi connectivity index (χ2v) is 6.97. The summed E-state index contributed by atoms with van der Waals surface area (Å²) in [5.41, 5.74) is 0. The molecule has 0 radical (unpaired) electrons. The molecule has 0 spiro atoms. The molecule has 1 unspecified atom stereocenters. The molecule has 0 bridgehead atoms. The Bertz CT molecular complexity index is 678. The summed E-state index contributed by atoms with van der Waals surface area (Å²) in [6, 6.07) is 0. The molecule has 0 aliphatic carbocycles. The monoisotopic (exact) mass is 330 g/mol. The Morgan fingerprint density at radius 1 is 1.12 bits per heavy atom. The molecule has 2 aliphatic rings. The maximum atomic E-state index is 5.36. The Labute approximate surface area is 142 Å². The predicted molar refractivity (Wildman–Crippen MR) is 88.5 cm³/mol. The van der Waals surface area contributed by atoms with Crippen LogP contribution in [0.3, 0.4) is 0 Å². The van der Waals surface area contributed by atoms with Crippen molar-refractivity contribution in [3.8, 4) is 0 Å². The third-order valence-electron chi connectivity index (χ3n) is 5.19. The number of aromatic nitrogens is 5. The Hall–Kier alpha value is -1.76. The van der Waals surface area contributed by atoms with E-state index in [9.17, 15) is 0 Å². The minimum atomic E-state index is 0.465. The normalized spacial score (nSPS) is 22.3. The molecule has 1 atom stereocenters. The van der Waals surface area contributed by atoms with E-state index >= 15 is 0 Å². The van der Waals surface area contributed by atoms with Gasteiger partial charge in [-0.1, -0.05) is 18.5 Å². The van der Waals surface area contributed by atoms with Crippen LogP contribution in [0.1, 0.15) is 68.3 Å². The van der Waals surface area contributed by atoms with E-state index in [0.717, 1.165) is 50.7 Å². The summed E-state index contributed by atoms with van der Waals surface area (Å²) in [4.78, 5) is 6.86. The van der Waals surface area contributed by atoms with Gasteiger partial charge in [0.2, 0.25) is 5.89 Å². The lowest BCUT2D eigenvalue weighted by molar-refractivity contribution is 0.172. The van der Waals surface area contributed by atoms with Gasteiger partial charge in [0.1, 0.15) is 11.6 Å². The third-order valence-corrected chi connectivity index (χ3v) is 5.19. The number of nitrogens with zero attached hydrogens (tertiary/aromatic N) is 6. The van der Waals surface area contributed by atoms with Crippen LogP contribution in [0.25, 0.3) is 0 Å². The predicted octanol–water partition coefficient (Wildman–Crippen LogP) is 2.33. The molecule has 0 aromatic carbocycles. The lowest BCUT2D eigenvalue weighted by atomic mass is 9.97. The minimum Gasteiger partial charge on any atom is -0.338 e. The highest BCUT2D eigenvalue weighted by Gasteiger charge is 2.28. The highest BCUT2D eigenvalue weighted by atomic mass is 16.5. The van der Waals surface area contributed by atoms with Crippen molar-refractivity contribution in [1.82, 2.24) is 29.8 Å². The average molecular weight is 330 g/mol.